The number of sulfonamides is 1. The minimum Gasteiger partial charge on any atom is -0.339 e. The smallest absolute Gasteiger partial charge is 0.253 e. The number of rotatable bonds is 3. The van der Waals surface area contributed by atoms with Gasteiger partial charge in [-0.2, -0.15) is 0 Å². The Balaban J connectivity index is 2.35. The van der Waals surface area contributed by atoms with E-state index in [-0.39, 0.29) is 15.8 Å². The van der Waals surface area contributed by atoms with E-state index < -0.39 is 10.0 Å². The third kappa shape index (κ3) is 3.62. The molecule has 1 aliphatic rings. The zero-order chi connectivity index (χ0) is 16.3. The fourth-order valence-electron chi connectivity index (χ4n) is 2.49. The molecular formula is C15H21ClN2O3S. The van der Waals surface area contributed by atoms with Crippen LogP contribution in [0.3, 0.4) is 0 Å². The molecule has 7 heteroatoms. The third-order valence-electron chi connectivity index (χ3n) is 3.83. The molecule has 1 fully saturated rings. The van der Waals surface area contributed by atoms with Crippen LogP contribution in [0.5, 0.6) is 0 Å². The third-order valence-corrected chi connectivity index (χ3v) is 6.13. The Bertz CT molecular complexity index is 651. The lowest BCUT2D eigenvalue weighted by Gasteiger charge is -2.21. The maximum atomic E-state index is 12.6. The Hall–Kier alpha value is -1.11. The predicted molar refractivity (Wildman–Crippen MR) is 86.7 cm³/mol. The number of benzene rings is 1. The SMILES string of the molecule is CN(C)S(=O)(=O)c1cc(C(=O)N2CCCCCC2)ccc1Cl. The van der Waals surface area contributed by atoms with Gasteiger partial charge in [0.2, 0.25) is 10.0 Å². The van der Waals surface area contributed by atoms with Gasteiger partial charge in [0.05, 0.1) is 5.02 Å². The average molecular weight is 345 g/mol. The van der Waals surface area contributed by atoms with Crippen molar-refractivity contribution in [1.82, 2.24) is 9.21 Å². The quantitative estimate of drug-likeness (QED) is 0.846. The molecule has 0 radical (unpaired) electrons. The number of hydrogen-bond donors (Lipinski definition) is 0. The van der Waals surface area contributed by atoms with Gasteiger partial charge in [0, 0.05) is 32.7 Å². The van der Waals surface area contributed by atoms with Crippen molar-refractivity contribution in [3.05, 3.63) is 28.8 Å². The molecule has 0 saturated carbocycles. The highest BCUT2D eigenvalue weighted by atomic mass is 35.5. The first-order valence-electron chi connectivity index (χ1n) is 7.35. The molecule has 1 heterocycles. The minimum atomic E-state index is -3.67. The van der Waals surface area contributed by atoms with Crippen molar-refractivity contribution in [2.24, 2.45) is 0 Å². The maximum absolute atomic E-state index is 12.6. The van der Waals surface area contributed by atoms with E-state index in [0.717, 1.165) is 43.1 Å². The molecule has 0 atom stereocenters. The van der Waals surface area contributed by atoms with Crippen molar-refractivity contribution >= 4 is 27.5 Å². The van der Waals surface area contributed by atoms with Crippen molar-refractivity contribution in [2.75, 3.05) is 27.2 Å². The summed E-state index contributed by atoms with van der Waals surface area (Å²) in [7, 11) is -0.792. The molecule has 2 rings (SSSR count). The van der Waals surface area contributed by atoms with Gasteiger partial charge in [0.1, 0.15) is 4.90 Å². The second-order valence-electron chi connectivity index (χ2n) is 5.64. The van der Waals surface area contributed by atoms with Crippen LogP contribution >= 0.6 is 11.6 Å². The summed E-state index contributed by atoms with van der Waals surface area (Å²) in [6, 6.07) is 4.44. The fraction of sp³-hybridized carbons (Fsp3) is 0.533. The number of carbonyl (C=O) groups excluding carboxylic acids is 1. The molecule has 0 aromatic heterocycles. The van der Waals surface area contributed by atoms with Gasteiger partial charge in [0.15, 0.2) is 0 Å². The summed E-state index contributed by atoms with van der Waals surface area (Å²) in [5, 5.41) is 0.126. The van der Waals surface area contributed by atoms with Crippen LogP contribution in [-0.2, 0) is 10.0 Å². The molecule has 0 N–H and O–H groups in total. The lowest BCUT2D eigenvalue weighted by Crippen LogP contribution is -2.32. The fourth-order valence-corrected chi connectivity index (χ4v) is 3.88. The highest BCUT2D eigenvalue weighted by Crippen LogP contribution is 2.25. The normalized spacial score (nSPS) is 16.6. The summed E-state index contributed by atoms with van der Waals surface area (Å²) in [5.74, 6) is -0.131. The van der Waals surface area contributed by atoms with E-state index in [0.29, 0.717) is 5.56 Å². The number of halogens is 1. The second-order valence-corrected chi connectivity index (χ2v) is 8.17. The second kappa shape index (κ2) is 6.98. The number of hydrogen-bond acceptors (Lipinski definition) is 3. The number of amides is 1. The molecule has 1 aromatic rings. The molecule has 22 heavy (non-hydrogen) atoms. The van der Waals surface area contributed by atoms with Gasteiger partial charge in [-0.3, -0.25) is 4.79 Å². The molecular weight excluding hydrogens is 324 g/mol. The minimum absolute atomic E-state index is 0.0279. The first-order valence-corrected chi connectivity index (χ1v) is 9.17. The van der Waals surface area contributed by atoms with Gasteiger partial charge < -0.3 is 4.90 Å². The predicted octanol–water partition coefficient (Wildman–Crippen LogP) is 2.61. The molecule has 5 nitrogen and oxygen atoms in total. The van der Waals surface area contributed by atoms with Crippen molar-refractivity contribution in [1.29, 1.82) is 0 Å². The Labute approximate surface area is 136 Å². The zero-order valence-electron chi connectivity index (χ0n) is 12.9. The zero-order valence-corrected chi connectivity index (χ0v) is 14.5. The Morgan fingerprint density at radius 3 is 2.27 bits per heavy atom. The van der Waals surface area contributed by atoms with Crippen LogP contribution in [0.1, 0.15) is 36.0 Å². The van der Waals surface area contributed by atoms with E-state index in [9.17, 15) is 13.2 Å². The highest BCUT2D eigenvalue weighted by Gasteiger charge is 2.24. The lowest BCUT2D eigenvalue weighted by molar-refractivity contribution is 0.0761. The monoisotopic (exact) mass is 344 g/mol. The molecule has 0 bridgehead atoms. The van der Waals surface area contributed by atoms with Crippen LogP contribution in [0.25, 0.3) is 0 Å². The molecule has 0 aliphatic carbocycles. The van der Waals surface area contributed by atoms with Crippen LogP contribution in [-0.4, -0.2) is 50.7 Å². The molecule has 1 aromatic carbocycles. The summed E-state index contributed by atoms with van der Waals surface area (Å²) in [6.45, 7) is 1.44. The van der Waals surface area contributed by atoms with Crippen LogP contribution in [0.2, 0.25) is 5.02 Å². The molecule has 122 valence electrons. The first-order chi connectivity index (χ1) is 10.3. The van der Waals surface area contributed by atoms with Crippen molar-refractivity contribution < 1.29 is 13.2 Å². The standard InChI is InChI=1S/C15H21ClN2O3S/c1-17(2)22(20,21)14-11-12(7-8-13(14)16)15(19)18-9-5-3-4-6-10-18/h7-8,11H,3-6,9-10H2,1-2H3. The van der Waals surface area contributed by atoms with Gasteiger partial charge in [-0.05, 0) is 31.0 Å². The van der Waals surface area contributed by atoms with Crippen molar-refractivity contribution in [3.63, 3.8) is 0 Å². The summed E-state index contributed by atoms with van der Waals surface area (Å²) in [6.07, 6.45) is 4.24. The van der Waals surface area contributed by atoms with Crippen molar-refractivity contribution in [3.8, 4) is 0 Å². The van der Waals surface area contributed by atoms with Crippen molar-refractivity contribution in [2.45, 2.75) is 30.6 Å². The summed E-state index contributed by atoms with van der Waals surface area (Å²) in [5.41, 5.74) is 0.367. The molecule has 0 unspecified atom stereocenters. The van der Waals surface area contributed by atoms with E-state index in [1.165, 1.54) is 26.2 Å². The molecule has 1 aliphatic heterocycles. The van der Waals surface area contributed by atoms with Gasteiger partial charge in [0.25, 0.3) is 5.91 Å². The van der Waals surface area contributed by atoms with Gasteiger partial charge in [-0.1, -0.05) is 24.4 Å². The Morgan fingerprint density at radius 1 is 1.14 bits per heavy atom. The first kappa shape index (κ1) is 17.2. The van der Waals surface area contributed by atoms with Crippen LogP contribution in [0.15, 0.2) is 23.1 Å². The summed E-state index contributed by atoms with van der Waals surface area (Å²) >= 11 is 6.01. The lowest BCUT2D eigenvalue weighted by atomic mass is 10.2. The Morgan fingerprint density at radius 2 is 1.73 bits per heavy atom. The number of likely N-dealkylation sites (tertiary alicyclic amines) is 1. The van der Waals surface area contributed by atoms with E-state index in [4.69, 9.17) is 11.6 Å². The van der Waals surface area contributed by atoms with E-state index in [1.54, 1.807) is 11.0 Å². The molecule has 1 saturated heterocycles. The van der Waals surface area contributed by atoms with E-state index >= 15 is 0 Å². The van der Waals surface area contributed by atoms with E-state index in [1.807, 2.05) is 0 Å². The van der Waals surface area contributed by atoms with Gasteiger partial charge in [-0.15, -0.1) is 0 Å². The topological polar surface area (TPSA) is 57.7 Å². The van der Waals surface area contributed by atoms with E-state index in [2.05, 4.69) is 0 Å². The average Bonchev–Trinajstić information content (AvgIpc) is 2.75. The van der Waals surface area contributed by atoms with Crippen LogP contribution in [0, 0.1) is 0 Å². The molecule has 0 spiro atoms. The maximum Gasteiger partial charge on any atom is 0.253 e. The van der Waals surface area contributed by atoms with Gasteiger partial charge in [-0.25, -0.2) is 12.7 Å². The number of nitrogens with zero attached hydrogens (tertiary/aromatic N) is 2. The van der Waals surface area contributed by atoms with Gasteiger partial charge >= 0.3 is 0 Å². The molecule has 1 amide bonds. The summed E-state index contributed by atoms with van der Waals surface area (Å²) < 4.78 is 25.6. The highest BCUT2D eigenvalue weighted by molar-refractivity contribution is 7.89. The van der Waals surface area contributed by atoms with Crippen LogP contribution in [0.4, 0.5) is 0 Å². The van der Waals surface area contributed by atoms with Crippen LogP contribution < -0.4 is 0 Å². The summed E-state index contributed by atoms with van der Waals surface area (Å²) in [4.78, 5) is 14.4. The Kier molecular flexibility index (Phi) is 5.47. The number of carbonyl (C=O) groups is 1. The largest absolute Gasteiger partial charge is 0.339 e.